The van der Waals surface area contributed by atoms with Crippen molar-refractivity contribution in [3.63, 3.8) is 0 Å². The van der Waals surface area contributed by atoms with Gasteiger partial charge in [-0.2, -0.15) is 0 Å². The van der Waals surface area contributed by atoms with E-state index in [2.05, 4.69) is 0 Å². The predicted octanol–water partition coefficient (Wildman–Crippen LogP) is -0.990. The molecule has 3 atom stereocenters. The quantitative estimate of drug-likeness (QED) is 0.429. The number of rotatable bonds is 0. The van der Waals surface area contributed by atoms with Gasteiger partial charge in [-0.1, -0.05) is 0 Å². The Hall–Kier alpha value is -0.610. The van der Waals surface area contributed by atoms with Gasteiger partial charge in [0.25, 0.3) is 0 Å². The number of cyclic esters (lactones) is 1. The van der Waals surface area contributed by atoms with Crippen LogP contribution in [0, 0.1) is 0 Å². The molecule has 1 heterocycles. The van der Waals surface area contributed by atoms with Crippen molar-refractivity contribution in [1.82, 2.24) is 0 Å². The SMILES string of the molecule is C[C@@H]1OC(=O)C[C@H](N)[C@H]1O. The molecule has 0 spiro atoms. The summed E-state index contributed by atoms with van der Waals surface area (Å²) in [6.07, 6.45) is -1.06. The number of aliphatic hydroxyl groups is 1. The van der Waals surface area contributed by atoms with Crippen LogP contribution < -0.4 is 5.73 Å². The summed E-state index contributed by atoms with van der Waals surface area (Å²) in [4.78, 5) is 10.6. The average Bonchev–Trinajstić information content (AvgIpc) is 1.82. The zero-order valence-corrected chi connectivity index (χ0v) is 5.78. The molecule has 1 saturated heterocycles. The van der Waals surface area contributed by atoms with Gasteiger partial charge in [0.2, 0.25) is 0 Å². The van der Waals surface area contributed by atoms with Crippen LogP contribution >= 0.6 is 0 Å². The Balaban J connectivity index is 2.57. The molecule has 10 heavy (non-hydrogen) atoms. The molecule has 0 saturated carbocycles. The Kier molecular flexibility index (Phi) is 1.92. The molecule has 0 amide bonds. The van der Waals surface area contributed by atoms with Crippen LogP contribution in [-0.4, -0.2) is 29.3 Å². The van der Waals surface area contributed by atoms with E-state index in [0.717, 1.165) is 0 Å². The standard InChI is InChI=1S/C6H11NO3/c1-3-6(9)4(7)2-5(8)10-3/h3-4,6,9H,2,7H2,1H3/t3-,4-,6-/m0/s1. The van der Waals surface area contributed by atoms with E-state index >= 15 is 0 Å². The summed E-state index contributed by atoms with van der Waals surface area (Å²) >= 11 is 0. The van der Waals surface area contributed by atoms with Crippen molar-refractivity contribution in [2.75, 3.05) is 0 Å². The maximum Gasteiger partial charge on any atom is 0.307 e. The van der Waals surface area contributed by atoms with Crippen LogP contribution in [0.2, 0.25) is 0 Å². The second-order valence-corrected chi connectivity index (χ2v) is 2.55. The molecular formula is C6H11NO3. The highest BCUT2D eigenvalue weighted by atomic mass is 16.6. The van der Waals surface area contributed by atoms with Crippen molar-refractivity contribution in [2.24, 2.45) is 5.73 Å². The van der Waals surface area contributed by atoms with Gasteiger partial charge in [0, 0.05) is 6.04 Å². The molecule has 1 aliphatic rings. The number of carbonyl (C=O) groups excluding carboxylic acids is 1. The number of nitrogens with two attached hydrogens (primary N) is 1. The molecule has 0 aliphatic carbocycles. The van der Waals surface area contributed by atoms with Crippen molar-refractivity contribution in [1.29, 1.82) is 0 Å². The summed E-state index contributed by atoms with van der Waals surface area (Å²) in [6, 6.07) is -0.462. The van der Waals surface area contributed by atoms with Crippen molar-refractivity contribution in [3.05, 3.63) is 0 Å². The highest BCUT2D eigenvalue weighted by molar-refractivity contribution is 5.71. The minimum atomic E-state index is -0.710. The Bertz CT molecular complexity index is 134. The van der Waals surface area contributed by atoms with Crippen LogP contribution in [0.3, 0.4) is 0 Å². The molecule has 1 rings (SSSR count). The summed E-state index contributed by atoms with van der Waals surface area (Å²) in [5, 5.41) is 9.16. The minimum absolute atomic E-state index is 0.117. The minimum Gasteiger partial charge on any atom is -0.460 e. The number of ether oxygens (including phenoxy) is 1. The van der Waals surface area contributed by atoms with E-state index in [0.29, 0.717) is 0 Å². The summed E-state index contributed by atoms with van der Waals surface area (Å²) < 4.78 is 4.70. The maximum absolute atomic E-state index is 10.6. The number of carbonyl (C=O) groups is 1. The van der Waals surface area contributed by atoms with E-state index in [9.17, 15) is 4.79 Å². The molecule has 4 nitrogen and oxygen atoms in total. The third-order valence-corrected chi connectivity index (χ3v) is 1.64. The maximum atomic E-state index is 10.6. The summed E-state index contributed by atoms with van der Waals surface area (Å²) in [7, 11) is 0. The van der Waals surface area contributed by atoms with Crippen LogP contribution in [0.4, 0.5) is 0 Å². The first-order chi connectivity index (χ1) is 4.61. The first-order valence-corrected chi connectivity index (χ1v) is 3.24. The summed E-state index contributed by atoms with van der Waals surface area (Å²) in [5.74, 6) is -0.328. The van der Waals surface area contributed by atoms with Gasteiger partial charge >= 0.3 is 5.97 Å². The van der Waals surface area contributed by atoms with Crippen LogP contribution in [-0.2, 0) is 9.53 Å². The third kappa shape index (κ3) is 1.27. The molecule has 0 bridgehead atoms. The van der Waals surface area contributed by atoms with Crippen LogP contribution in [0.15, 0.2) is 0 Å². The topological polar surface area (TPSA) is 72.5 Å². The van der Waals surface area contributed by atoms with Gasteiger partial charge in [-0.15, -0.1) is 0 Å². The van der Waals surface area contributed by atoms with Crippen LogP contribution in [0.1, 0.15) is 13.3 Å². The Morgan fingerprint density at radius 2 is 2.40 bits per heavy atom. The predicted molar refractivity (Wildman–Crippen MR) is 34.2 cm³/mol. The van der Waals surface area contributed by atoms with Gasteiger partial charge in [0.1, 0.15) is 12.2 Å². The molecule has 0 unspecified atom stereocenters. The second-order valence-electron chi connectivity index (χ2n) is 2.55. The van der Waals surface area contributed by atoms with Crippen LogP contribution in [0.5, 0.6) is 0 Å². The van der Waals surface area contributed by atoms with E-state index in [4.69, 9.17) is 15.6 Å². The lowest BCUT2D eigenvalue weighted by molar-refractivity contribution is -0.163. The summed E-state index contributed by atoms with van der Waals surface area (Å²) in [5.41, 5.74) is 5.41. The Morgan fingerprint density at radius 1 is 1.80 bits per heavy atom. The number of esters is 1. The lowest BCUT2D eigenvalue weighted by atomic mass is 10.0. The fourth-order valence-corrected chi connectivity index (χ4v) is 0.986. The van der Waals surface area contributed by atoms with Crippen LogP contribution in [0.25, 0.3) is 0 Å². The lowest BCUT2D eigenvalue weighted by Crippen LogP contribution is -2.49. The van der Waals surface area contributed by atoms with Gasteiger partial charge in [0.15, 0.2) is 0 Å². The van der Waals surface area contributed by atoms with E-state index < -0.39 is 18.2 Å². The van der Waals surface area contributed by atoms with E-state index in [1.165, 1.54) is 0 Å². The fourth-order valence-electron chi connectivity index (χ4n) is 0.986. The van der Waals surface area contributed by atoms with Gasteiger partial charge < -0.3 is 15.6 Å². The molecule has 0 aromatic heterocycles. The largest absolute Gasteiger partial charge is 0.460 e. The molecule has 0 aromatic carbocycles. The first-order valence-electron chi connectivity index (χ1n) is 3.24. The normalized spacial score (nSPS) is 41.1. The molecule has 58 valence electrons. The van der Waals surface area contributed by atoms with Gasteiger partial charge in [0.05, 0.1) is 6.42 Å². The highest BCUT2D eigenvalue weighted by Crippen LogP contribution is 2.13. The van der Waals surface area contributed by atoms with Gasteiger partial charge in [-0.05, 0) is 6.92 Å². The number of aliphatic hydroxyl groups excluding tert-OH is 1. The highest BCUT2D eigenvalue weighted by Gasteiger charge is 2.31. The molecule has 1 fully saturated rings. The molecule has 0 aromatic rings. The van der Waals surface area contributed by atoms with E-state index in [1.807, 2.05) is 0 Å². The lowest BCUT2D eigenvalue weighted by Gasteiger charge is -2.29. The Morgan fingerprint density at radius 3 is 2.90 bits per heavy atom. The third-order valence-electron chi connectivity index (χ3n) is 1.64. The van der Waals surface area contributed by atoms with Gasteiger partial charge in [-0.25, -0.2) is 0 Å². The zero-order chi connectivity index (χ0) is 7.72. The number of hydrogen-bond donors (Lipinski definition) is 2. The monoisotopic (exact) mass is 145 g/mol. The molecule has 3 N–H and O–H groups in total. The average molecular weight is 145 g/mol. The molecule has 4 heteroatoms. The Labute approximate surface area is 59.0 Å². The van der Waals surface area contributed by atoms with Crippen molar-refractivity contribution in [2.45, 2.75) is 31.6 Å². The first kappa shape index (κ1) is 7.50. The van der Waals surface area contributed by atoms with Gasteiger partial charge in [-0.3, -0.25) is 4.79 Å². The summed E-state index contributed by atoms with van der Waals surface area (Å²) in [6.45, 7) is 1.63. The van der Waals surface area contributed by atoms with Crippen molar-refractivity contribution in [3.8, 4) is 0 Å². The molecule has 1 aliphatic heterocycles. The molecule has 0 radical (unpaired) electrons. The second kappa shape index (κ2) is 2.56. The van der Waals surface area contributed by atoms with E-state index in [-0.39, 0.29) is 12.4 Å². The van der Waals surface area contributed by atoms with Crippen molar-refractivity contribution >= 4 is 5.97 Å². The zero-order valence-electron chi connectivity index (χ0n) is 5.78. The molecular weight excluding hydrogens is 134 g/mol. The number of hydrogen-bond acceptors (Lipinski definition) is 4. The van der Waals surface area contributed by atoms with Crippen molar-refractivity contribution < 1.29 is 14.6 Å². The fraction of sp³-hybridized carbons (Fsp3) is 0.833. The smallest absolute Gasteiger partial charge is 0.307 e. The van der Waals surface area contributed by atoms with E-state index in [1.54, 1.807) is 6.92 Å².